The molecule has 5 heteroatoms. The van der Waals surface area contributed by atoms with Crippen molar-refractivity contribution in [3.05, 3.63) is 17.1 Å². The molecular formula is C15H25N3S2. The molecule has 112 valence electrons. The average molecular weight is 312 g/mol. The summed E-state index contributed by atoms with van der Waals surface area (Å²) in [4.78, 5) is 9.68. The van der Waals surface area contributed by atoms with Gasteiger partial charge >= 0.3 is 0 Å². The van der Waals surface area contributed by atoms with Crippen molar-refractivity contribution in [3.8, 4) is 0 Å². The summed E-state index contributed by atoms with van der Waals surface area (Å²) in [6.45, 7) is 9.76. The summed E-state index contributed by atoms with van der Waals surface area (Å²) < 4.78 is 0. The van der Waals surface area contributed by atoms with Gasteiger partial charge in [0.25, 0.3) is 0 Å². The minimum Gasteiger partial charge on any atom is -0.370 e. The first-order chi connectivity index (χ1) is 9.67. The lowest BCUT2D eigenvalue weighted by Gasteiger charge is -2.27. The summed E-state index contributed by atoms with van der Waals surface area (Å²) in [5.41, 5.74) is 2.41. The quantitative estimate of drug-likeness (QED) is 0.887. The smallest absolute Gasteiger partial charge is 0.145 e. The predicted molar refractivity (Wildman–Crippen MR) is 92.0 cm³/mol. The number of hydrogen-bond acceptors (Lipinski definition) is 5. The fraction of sp³-hybridized carbons (Fsp3) is 0.733. The van der Waals surface area contributed by atoms with E-state index in [-0.39, 0.29) is 0 Å². The Labute approximate surface area is 131 Å². The van der Waals surface area contributed by atoms with Crippen molar-refractivity contribution in [1.82, 2.24) is 9.97 Å². The lowest BCUT2D eigenvalue weighted by molar-refractivity contribution is 0.796. The molecule has 1 aromatic rings. The van der Waals surface area contributed by atoms with Gasteiger partial charge in [-0.2, -0.15) is 11.8 Å². The van der Waals surface area contributed by atoms with Crippen molar-refractivity contribution in [2.24, 2.45) is 0 Å². The number of rotatable bonds is 5. The van der Waals surface area contributed by atoms with E-state index in [0.29, 0.717) is 10.5 Å². The molecule has 2 heterocycles. The van der Waals surface area contributed by atoms with Crippen molar-refractivity contribution in [1.29, 1.82) is 0 Å². The zero-order chi connectivity index (χ0) is 14.5. The van der Waals surface area contributed by atoms with Crippen LogP contribution in [0.3, 0.4) is 0 Å². The third-order valence-corrected chi connectivity index (χ3v) is 6.67. The van der Waals surface area contributed by atoms with Crippen molar-refractivity contribution < 1.29 is 0 Å². The normalized spacial score (nSPS) is 22.8. The molecule has 20 heavy (non-hydrogen) atoms. The highest BCUT2D eigenvalue weighted by Gasteiger charge is 2.27. The molecule has 3 nitrogen and oxygen atoms in total. The number of anilines is 1. The van der Waals surface area contributed by atoms with Gasteiger partial charge in [0.15, 0.2) is 0 Å². The van der Waals surface area contributed by atoms with Gasteiger partial charge < -0.3 is 5.32 Å². The van der Waals surface area contributed by atoms with E-state index in [9.17, 15) is 0 Å². The van der Waals surface area contributed by atoms with Crippen LogP contribution in [0.4, 0.5) is 5.82 Å². The van der Waals surface area contributed by atoms with Gasteiger partial charge in [0.1, 0.15) is 11.6 Å². The standard InChI is InChI=1S/C15H25N3S2/c1-5-7-16-14-10(3)12(6-2)17-15(18-14)13-11(4)19-8-9-20-13/h11,13H,5-9H2,1-4H3,(H,16,17,18). The maximum absolute atomic E-state index is 4.85. The Bertz CT molecular complexity index is 451. The molecule has 0 spiro atoms. The number of aromatic nitrogens is 2. The lowest BCUT2D eigenvalue weighted by atomic mass is 10.1. The largest absolute Gasteiger partial charge is 0.370 e. The second kappa shape index (κ2) is 7.55. The van der Waals surface area contributed by atoms with Gasteiger partial charge in [0.05, 0.1) is 5.25 Å². The van der Waals surface area contributed by atoms with E-state index in [1.807, 2.05) is 23.5 Å². The molecule has 0 radical (unpaired) electrons. The second-order valence-corrected chi connectivity index (χ2v) is 7.88. The van der Waals surface area contributed by atoms with E-state index in [1.165, 1.54) is 22.8 Å². The Morgan fingerprint density at radius 1 is 1.20 bits per heavy atom. The molecule has 1 aromatic heterocycles. The number of aryl methyl sites for hydroxylation is 1. The summed E-state index contributed by atoms with van der Waals surface area (Å²) in [7, 11) is 0. The van der Waals surface area contributed by atoms with Gasteiger partial charge in [-0.05, 0) is 19.8 Å². The Balaban J connectivity index is 2.32. The van der Waals surface area contributed by atoms with Crippen LogP contribution >= 0.6 is 23.5 Å². The molecule has 1 aliphatic heterocycles. The maximum atomic E-state index is 4.85. The van der Waals surface area contributed by atoms with Gasteiger partial charge in [-0.25, -0.2) is 9.97 Å². The van der Waals surface area contributed by atoms with Crippen LogP contribution in [0, 0.1) is 6.92 Å². The SMILES string of the molecule is CCCNc1nc(C2SCCSC2C)nc(CC)c1C. The fourth-order valence-electron chi connectivity index (χ4n) is 2.39. The van der Waals surface area contributed by atoms with E-state index in [0.717, 1.165) is 31.0 Å². The van der Waals surface area contributed by atoms with E-state index >= 15 is 0 Å². The van der Waals surface area contributed by atoms with Crippen LogP contribution in [0.25, 0.3) is 0 Å². The first-order valence-electron chi connectivity index (χ1n) is 7.51. The molecule has 0 bridgehead atoms. The molecule has 0 saturated carbocycles. The summed E-state index contributed by atoms with van der Waals surface area (Å²) in [5, 5.41) is 4.49. The van der Waals surface area contributed by atoms with Crippen LogP contribution in [0.5, 0.6) is 0 Å². The number of nitrogens with one attached hydrogen (secondary N) is 1. The van der Waals surface area contributed by atoms with Crippen LogP contribution in [0.2, 0.25) is 0 Å². The zero-order valence-electron chi connectivity index (χ0n) is 12.9. The van der Waals surface area contributed by atoms with Gasteiger partial charge in [0, 0.05) is 34.6 Å². The minimum absolute atomic E-state index is 0.432. The first-order valence-corrected chi connectivity index (χ1v) is 9.61. The molecule has 0 amide bonds. The lowest BCUT2D eigenvalue weighted by Crippen LogP contribution is -2.20. The van der Waals surface area contributed by atoms with Crippen LogP contribution < -0.4 is 5.32 Å². The molecule has 1 aliphatic rings. The van der Waals surface area contributed by atoms with Gasteiger partial charge in [-0.15, -0.1) is 11.8 Å². The van der Waals surface area contributed by atoms with Gasteiger partial charge in [0.2, 0.25) is 0 Å². The van der Waals surface area contributed by atoms with E-state index in [1.54, 1.807) is 0 Å². The molecule has 2 rings (SSSR count). The van der Waals surface area contributed by atoms with Gasteiger partial charge in [-0.3, -0.25) is 0 Å². The molecule has 0 aliphatic carbocycles. The topological polar surface area (TPSA) is 37.8 Å². The van der Waals surface area contributed by atoms with Crippen LogP contribution in [0.15, 0.2) is 0 Å². The van der Waals surface area contributed by atoms with Crippen molar-refractivity contribution in [2.45, 2.75) is 51.0 Å². The molecule has 1 saturated heterocycles. The predicted octanol–water partition coefficient (Wildman–Crippen LogP) is 4.08. The summed E-state index contributed by atoms with van der Waals surface area (Å²) >= 11 is 4.05. The monoisotopic (exact) mass is 311 g/mol. The molecular weight excluding hydrogens is 286 g/mol. The number of thioether (sulfide) groups is 2. The highest BCUT2D eigenvalue weighted by atomic mass is 32.2. The molecule has 1 N–H and O–H groups in total. The van der Waals surface area contributed by atoms with E-state index < -0.39 is 0 Å². The summed E-state index contributed by atoms with van der Waals surface area (Å²) in [5.74, 6) is 4.51. The van der Waals surface area contributed by atoms with Crippen molar-refractivity contribution in [2.75, 3.05) is 23.4 Å². The van der Waals surface area contributed by atoms with E-state index in [2.05, 4.69) is 33.0 Å². The van der Waals surface area contributed by atoms with Crippen LogP contribution in [-0.2, 0) is 6.42 Å². The average Bonchev–Trinajstić information content (AvgIpc) is 2.47. The van der Waals surface area contributed by atoms with Crippen LogP contribution in [0.1, 0.15) is 49.5 Å². The van der Waals surface area contributed by atoms with Crippen LogP contribution in [-0.4, -0.2) is 33.3 Å². The minimum atomic E-state index is 0.432. The Morgan fingerprint density at radius 3 is 2.60 bits per heavy atom. The fourth-order valence-corrected chi connectivity index (χ4v) is 5.07. The molecule has 1 fully saturated rings. The number of hydrogen-bond donors (Lipinski definition) is 1. The third kappa shape index (κ3) is 3.61. The molecule has 0 aromatic carbocycles. The molecule has 2 atom stereocenters. The van der Waals surface area contributed by atoms with Crippen molar-refractivity contribution in [3.63, 3.8) is 0 Å². The molecule has 2 unspecified atom stereocenters. The van der Waals surface area contributed by atoms with Crippen molar-refractivity contribution >= 4 is 29.3 Å². The van der Waals surface area contributed by atoms with Gasteiger partial charge in [-0.1, -0.05) is 20.8 Å². The summed E-state index contributed by atoms with van der Waals surface area (Å²) in [6, 6.07) is 0. The zero-order valence-corrected chi connectivity index (χ0v) is 14.5. The first kappa shape index (κ1) is 16.0. The van der Waals surface area contributed by atoms with E-state index in [4.69, 9.17) is 9.97 Å². The third-order valence-electron chi connectivity index (χ3n) is 3.58. The summed E-state index contributed by atoms with van der Waals surface area (Å²) in [6.07, 6.45) is 2.09. The Morgan fingerprint density at radius 2 is 1.95 bits per heavy atom. The highest BCUT2D eigenvalue weighted by molar-refractivity contribution is 8.06. The Hall–Kier alpha value is -0.420. The maximum Gasteiger partial charge on any atom is 0.145 e. The highest BCUT2D eigenvalue weighted by Crippen LogP contribution is 2.41. The number of nitrogens with zero attached hydrogens (tertiary/aromatic N) is 2. The Kier molecular flexibility index (Phi) is 6.02. The second-order valence-electron chi connectivity index (χ2n) is 5.15.